The maximum Gasteiger partial charge on any atom is 0.248 e. The third-order valence-electron chi connectivity index (χ3n) is 4.16. The number of hydrogen-bond acceptors (Lipinski definition) is 5. The van der Waals surface area contributed by atoms with E-state index in [-0.39, 0.29) is 23.3 Å². The number of amides is 2. The summed E-state index contributed by atoms with van der Waals surface area (Å²) in [4.78, 5) is 25.2. The van der Waals surface area contributed by atoms with Crippen molar-refractivity contribution in [2.75, 3.05) is 0 Å². The molecule has 1 unspecified atom stereocenters. The molecule has 0 radical (unpaired) electrons. The lowest BCUT2D eigenvalue weighted by molar-refractivity contribution is -0.140. The number of sulfonamides is 1. The van der Waals surface area contributed by atoms with Crippen molar-refractivity contribution in [2.24, 2.45) is 0 Å². The molecule has 26 heavy (non-hydrogen) atoms. The van der Waals surface area contributed by atoms with Gasteiger partial charge in [-0.3, -0.25) is 14.5 Å². The van der Waals surface area contributed by atoms with E-state index in [0.717, 1.165) is 16.2 Å². The van der Waals surface area contributed by atoms with Gasteiger partial charge in [0.2, 0.25) is 21.8 Å². The van der Waals surface area contributed by atoms with Gasteiger partial charge in [-0.1, -0.05) is 17.7 Å². The molecule has 3 rings (SSSR count). The zero-order valence-electron chi connectivity index (χ0n) is 14.7. The Kier molecular flexibility index (Phi) is 4.68. The summed E-state index contributed by atoms with van der Waals surface area (Å²) < 4.78 is 28.9. The number of aryl methyl sites for hydroxylation is 1. The smallest absolute Gasteiger partial charge is 0.248 e. The molecule has 1 aliphatic rings. The molecular formula is C17H20N4O4S. The van der Waals surface area contributed by atoms with Crippen molar-refractivity contribution in [3.8, 4) is 5.69 Å². The molecule has 0 bridgehead atoms. The molecule has 2 amide bonds. The van der Waals surface area contributed by atoms with E-state index in [9.17, 15) is 18.0 Å². The van der Waals surface area contributed by atoms with Gasteiger partial charge in [0, 0.05) is 6.04 Å². The predicted octanol–water partition coefficient (Wildman–Crippen LogP) is 0.995. The van der Waals surface area contributed by atoms with Gasteiger partial charge in [-0.25, -0.2) is 13.1 Å². The van der Waals surface area contributed by atoms with Gasteiger partial charge in [0.05, 0.1) is 24.5 Å². The van der Waals surface area contributed by atoms with Crippen LogP contribution in [-0.2, 0) is 19.6 Å². The van der Waals surface area contributed by atoms with Gasteiger partial charge >= 0.3 is 0 Å². The van der Waals surface area contributed by atoms with Gasteiger partial charge in [0.1, 0.15) is 10.9 Å². The quantitative estimate of drug-likeness (QED) is 0.785. The maximum absolute atomic E-state index is 12.6. The molecule has 1 fully saturated rings. The lowest BCUT2D eigenvalue weighted by atomic mass is 10.2. The van der Waals surface area contributed by atoms with Gasteiger partial charge < -0.3 is 0 Å². The first-order chi connectivity index (χ1) is 12.2. The first kappa shape index (κ1) is 18.3. The average Bonchev–Trinajstić information content (AvgIpc) is 3.14. The van der Waals surface area contributed by atoms with E-state index >= 15 is 0 Å². The number of likely N-dealkylation sites (tertiary alicyclic amines) is 1. The first-order valence-electron chi connectivity index (χ1n) is 8.19. The Labute approximate surface area is 151 Å². The average molecular weight is 376 g/mol. The fourth-order valence-corrected chi connectivity index (χ4v) is 3.94. The Morgan fingerprint density at radius 1 is 1.19 bits per heavy atom. The third kappa shape index (κ3) is 3.40. The van der Waals surface area contributed by atoms with Crippen LogP contribution < -0.4 is 4.72 Å². The van der Waals surface area contributed by atoms with E-state index in [1.54, 1.807) is 13.8 Å². The highest BCUT2D eigenvalue weighted by molar-refractivity contribution is 7.89. The molecule has 0 spiro atoms. The Morgan fingerprint density at radius 3 is 2.42 bits per heavy atom. The Hall–Kier alpha value is -2.52. The fraction of sp³-hybridized carbons (Fsp3) is 0.353. The number of rotatable bonds is 5. The van der Waals surface area contributed by atoms with Gasteiger partial charge in [-0.15, -0.1) is 0 Å². The molecule has 1 saturated heterocycles. The van der Waals surface area contributed by atoms with Gasteiger partial charge in [0.15, 0.2) is 0 Å². The van der Waals surface area contributed by atoms with Gasteiger partial charge in [-0.2, -0.15) is 9.82 Å². The summed E-state index contributed by atoms with van der Waals surface area (Å²) >= 11 is 0. The molecule has 1 aliphatic heterocycles. The molecule has 1 N–H and O–H groups in total. The van der Waals surface area contributed by atoms with Crippen molar-refractivity contribution in [3.05, 3.63) is 42.2 Å². The molecule has 2 heterocycles. The van der Waals surface area contributed by atoms with Crippen LogP contribution in [0.25, 0.3) is 5.69 Å². The number of imide groups is 1. The number of hydrogen-bond donors (Lipinski definition) is 1. The van der Waals surface area contributed by atoms with Crippen molar-refractivity contribution in [1.82, 2.24) is 19.4 Å². The van der Waals surface area contributed by atoms with E-state index in [4.69, 9.17) is 0 Å². The summed E-state index contributed by atoms with van der Waals surface area (Å²) in [6.45, 7) is 5.36. The highest BCUT2D eigenvalue weighted by atomic mass is 32.2. The standard InChI is InChI=1S/C17H20N4O4S/c1-11(2)21-16(22)8-15(17(21)23)19-26(24,25)14-9-18-20(10-14)13-6-4-12(3)5-7-13/h4-7,9-11,15,19H,8H2,1-3H3. The highest BCUT2D eigenvalue weighted by Gasteiger charge is 2.42. The minimum atomic E-state index is -3.98. The Morgan fingerprint density at radius 2 is 1.85 bits per heavy atom. The summed E-state index contributed by atoms with van der Waals surface area (Å²) in [6.07, 6.45) is 2.40. The van der Waals surface area contributed by atoms with Crippen LogP contribution in [0, 0.1) is 6.92 Å². The second-order valence-electron chi connectivity index (χ2n) is 6.53. The van der Waals surface area contributed by atoms with E-state index < -0.39 is 22.0 Å². The predicted molar refractivity (Wildman–Crippen MR) is 94.0 cm³/mol. The fourth-order valence-electron chi connectivity index (χ4n) is 2.82. The minimum Gasteiger partial charge on any atom is -0.279 e. The topological polar surface area (TPSA) is 101 Å². The zero-order chi connectivity index (χ0) is 19.1. The molecular weight excluding hydrogens is 356 g/mol. The molecule has 1 aromatic carbocycles. The van der Waals surface area contributed by atoms with Crippen LogP contribution in [0.2, 0.25) is 0 Å². The van der Waals surface area contributed by atoms with E-state index in [0.29, 0.717) is 0 Å². The van der Waals surface area contributed by atoms with Crippen molar-refractivity contribution >= 4 is 21.8 Å². The van der Waals surface area contributed by atoms with Gasteiger partial charge in [0.25, 0.3) is 0 Å². The number of nitrogens with zero attached hydrogens (tertiary/aromatic N) is 3. The monoisotopic (exact) mass is 376 g/mol. The van der Waals surface area contributed by atoms with E-state index in [2.05, 4.69) is 9.82 Å². The number of benzene rings is 1. The van der Waals surface area contributed by atoms with E-state index in [1.165, 1.54) is 17.1 Å². The van der Waals surface area contributed by atoms with Crippen molar-refractivity contribution in [1.29, 1.82) is 0 Å². The molecule has 8 nitrogen and oxygen atoms in total. The molecule has 9 heteroatoms. The third-order valence-corrected chi connectivity index (χ3v) is 5.59. The second-order valence-corrected chi connectivity index (χ2v) is 8.24. The number of aromatic nitrogens is 2. The summed E-state index contributed by atoms with van der Waals surface area (Å²) in [5.74, 6) is -0.910. The molecule has 0 saturated carbocycles. The zero-order valence-corrected chi connectivity index (χ0v) is 15.5. The van der Waals surface area contributed by atoms with Crippen molar-refractivity contribution in [2.45, 2.75) is 44.2 Å². The van der Waals surface area contributed by atoms with Crippen LogP contribution in [0.1, 0.15) is 25.8 Å². The van der Waals surface area contributed by atoms with Crippen LogP contribution >= 0.6 is 0 Å². The van der Waals surface area contributed by atoms with E-state index in [1.807, 2.05) is 31.2 Å². The summed E-state index contributed by atoms with van der Waals surface area (Å²) in [5.41, 5.74) is 1.80. The summed E-state index contributed by atoms with van der Waals surface area (Å²) in [5, 5.41) is 4.07. The molecule has 0 aliphatic carbocycles. The minimum absolute atomic E-state index is 0.0682. The first-order valence-corrected chi connectivity index (χ1v) is 9.67. The normalized spacial score (nSPS) is 18.2. The summed E-state index contributed by atoms with van der Waals surface area (Å²) in [7, 11) is -3.98. The van der Waals surface area contributed by atoms with Crippen LogP contribution in [0.5, 0.6) is 0 Å². The second kappa shape index (κ2) is 6.65. The SMILES string of the molecule is Cc1ccc(-n2cc(S(=O)(=O)NC3CC(=O)N(C(C)C)C3=O)cn2)cc1. The van der Waals surface area contributed by atoms with Crippen LogP contribution in [0.4, 0.5) is 0 Å². The lowest BCUT2D eigenvalue weighted by Crippen LogP contribution is -2.43. The Bertz CT molecular complexity index is 947. The van der Waals surface area contributed by atoms with Crippen molar-refractivity contribution < 1.29 is 18.0 Å². The maximum atomic E-state index is 12.6. The van der Waals surface area contributed by atoms with Crippen LogP contribution in [0.3, 0.4) is 0 Å². The van der Waals surface area contributed by atoms with Crippen molar-refractivity contribution in [3.63, 3.8) is 0 Å². The number of carbonyl (C=O) groups is 2. The number of carbonyl (C=O) groups excluding carboxylic acids is 2. The molecule has 1 atom stereocenters. The molecule has 1 aromatic heterocycles. The highest BCUT2D eigenvalue weighted by Crippen LogP contribution is 2.19. The van der Waals surface area contributed by atoms with Crippen LogP contribution in [-0.4, -0.2) is 47.0 Å². The summed E-state index contributed by atoms with van der Waals surface area (Å²) in [6, 6.07) is 6.04. The lowest BCUT2D eigenvalue weighted by Gasteiger charge is -2.19. The Balaban J connectivity index is 1.80. The number of nitrogens with one attached hydrogen (secondary N) is 1. The molecule has 2 aromatic rings. The largest absolute Gasteiger partial charge is 0.279 e. The van der Waals surface area contributed by atoms with Gasteiger partial charge in [-0.05, 0) is 32.9 Å². The molecule has 138 valence electrons. The van der Waals surface area contributed by atoms with Crippen LogP contribution in [0.15, 0.2) is 41.6 Å².